The van der Waals surface area contributed by atoms with E-state index in [0.717, 1.165) is 23.3 Å². The van der Waals surface area contributed by atoms with E-state index < -0.39 is 8.07 Å². The second-order valence-electron chi connectivity index (χ2n) is 6.18. The second-order valence-corrected chi connectivity index (χ2v) is 12.2. The van der Waals surface area contributed by atoms with Gasteiger partial charge in [0.2, 0.25) is 0 Å². The van der Waals surface area contributed by atoms with Crippen LogP contribution in [0, 0.1) is 0 Å². The molecule has 5 heteroatoms. The molecule has 0 saturated carbocycles. The van der Waals surface area contributed by atoms with Crippen LogP contribution in [-0.2, 0) is 11.5 Å². The average Bonchev–Trinajstić information content (AvgIpc) is 2.71. The fourth-order valence-electron chi connectivity index (χ4n) is 2.05. The summed E-state index contributed by atoms with van der Waals surface area (Å²) in [6, 6.07) is 6.99. The standard InChI is InChI=1S/C15H22ClNO2Si/c1-18-15-10-17(11-19-7-8-20(2,3)4)14-6-5-12(16)9-13(14)15/h5-6,9-10H,7-8,11H2,1-4H3. The third-order valence-electron chi connectivity index (χ3n) is 3.25. The quantitative estimate of drug-likeness (QED) is 0.574. The van der Waals surface area contributed by atoms with E-state index in [1.54, 1.807) is 7.11 Å². The largest absolute Gasteiger partial charge is 0.495 e. The van der Waals surface area contributed by atoms with Gasteiger partial charge in [-0.2, -0.15) is 0 Å². The molecule has 0 aliphatic carbocycles. The molecule has 0 aliphatic heterocycles. The maximum atomic E-state index is 6.04. The molecule has 0 saturated heterocycles. The first-order valence-corrected chi connectivity index (χ1v) is 10.9. The Bertz CT molecular complexity index is 589. The van der Waals surface area contributed by atoms with E-state index in [-0.39, 0.29) is 0 Å². The Kier molecular flexibility index (Phi) is 4.78. The van der Waals surface area contributed by atoms with Crippen LogP contribution in [0.1, 0.15) is 0 Å². The van der Waals surface area contributed by atoms with Gasteiger partial charge in [0.25, 0.3) is 0 Å². The molecule has 3 nitrogen and oxygen atoms in total. The van der Waals surface area contributed by atoms with E-state index in [0.29, 0.717) is 11.8 Å². The minimum Gasteiger partial charge on any atom is -0.495 e. The van der Waals surface area contributed by atoms with Crippen molar-refractivity contribution >= 4 is 30.6 Å². The van der Waals surface area contributed by atoms with Crippen LogP contribution in [0.25, 0.3) is 10.9 Å². The van der Waals surface area contributed by atoms with Crippen LogP contribution in [0.15, 0.2) is 24.4 Å². The van der Waals surface area contributed by atoms with E-state index in [9.17, 15) is 0 Å². The summed E-state index contributed by atoms with van der Waals surface area (Å²) in [7, 11) is 0.638. The Hall–Kier alpha value is -0.973. The number of benzene rings is 1. The van der Waals surface area contributed by atoms with Crippen molar-refractivity contribution in [2.45, 2.75) is 32.4 Å². The topological polar surface area (TPSA) is 23.4 Å². The highest BCUT2D eigenvalue weighted by atomic mass is 35.5. The van der Waals surface area contributed by atoms with Gasteiger partial charge in [-0.25, -0.2) is 0 Å². The van der Waals surface area contributed by atoms with Gasteiger partial charge in [0.15, 0.2) is 0 Å². The van der Waals surface area contributed by atoms with Gasteiger partial charge in [-0.05, 0) is 24.2 Å². The summed E-state index contributed by atoms with van der Waals surface area (Å²) in [5.41, 5.74) is 1.08. The van der Waals surface area contributed by atoms with E-state index >= 15 is 0 Å². The van der Waals surface area contributed by atoms with Crippen LogP contribution in [0.2, 0.25) is 30.7 Å². The molecule has 110 valence electrons. The number of halogens is 1. The summed E-state index contributed by atoms with van der Waals surface area (Å²) < 4.78 is 13.3. The molecule has 0 bridgehead atoms. The molecule has 0 unspecified atom stereocenters. The number of aromatic nitrogens is 1. The SMILES string of the molecule is COc1cn(COCC[Si](C)(C)C)c2ccc(Cl)cc12. The van der Waals surface area contributed by atoms with Crippen molar-refractivity contribution < 1.29 is 9.47 Å². The monoisotopic (exact) mass is 311 g/mol. The minimum absolute atomic E-state index is 0.548. The molecule has 0 fully saturated rings. The van der Waals surface area contributed by atoms with Gasteiger partial charge in [0.1, 0.15) is 12.5 Å². The Labute approximate surface area is 126 Å². The summed E-state index contributed by atoms with van der Waals surface area (Å²) in [6.07, 6.45) is 1.97. The number of hydrogen-bond donors (Lipinski definition) is 0. The minimum atomic E-state index is -1.03. The maximum Gasteiger partial charge on any atom is 0.144 e. The number of rotatable bonds is 6. The lowest BCUT2D eigenvalue weighted by Gasteiger charge is -2.15. The molecule has 2 rings (SSSR count). The van der Waals surface area contributed by atoms with Crippen molar-refractivity contribution in [2.24, 2.45) is 0 Å². The zero-order valence-electron chi connectivity index (χ0n) is 12.6. The van der Waals surface area contributed by atoms with Gasteiger partial charge < -0.3 is 14.0 Å². The average molecular weight is 312 g/mol. The molecule has 1 aromatic heterocycles. The van der Waals surface area contributed by atoms with E-state index in [4.69, 9.17) is 21.1 Å². The van der Waals surface area contributed by atoms with Crippen molar-refractivity contribution in [3.63, 3.8) is 0 Å². The molecule has 20 heavy (non-hydrogen) atoms. The van der Waals surface area contributed by atoms with E-state index in [2.05, 4.69) is 24.2 Å². The van der Waals surface area contributed by atoms with Crippen molar-refractivity contribution in [3.05, 3.63) is 29.4 Å². The predicted molar refractivity (Wildman–Crippen MR) is 87.6 cm³/mol. The third-order valence-corrected chi connectivity index (χ3v) is 5.19. The van der Waals surface area contributed by atoms with E-state index in [1.165, 1.54) is 6.04 Å². The normalized spacial score (nSPS) is 12.1. The molecule has 0 spiro atoms. The van der Waals surface area contributed by atoms with Gasteiger partial charge in [0, 0.05) is 31.3 Å². The molecule has 1 heterocycles. The number of ether oxygens (including phenoxy) is 2. The second kappa shape index (κ2) is 6.20. The molecular formula is C15H22ClNO2Si. The number of nitrogens with zero attached hydrogens (tertiary/aromatic N) is 1. The highest BCUT2D eigenvalue weighted by molar-refractivity contribution is 6.76. The lowest BCUT2D eigenvalue weighted by Crippen LogP contribution is -2.21. The summed E-state index contributed by atoms with van der Waals surface area (Å²) in [5.74, 6) is 0.830. The van der Waals surface area contributed by atoms with Crippen molar-refractivity contribution in [1.29, 1.82) is 0 Å². The summed E-state index contributed by atoms with van der Waals surface area (Å²) in [5, 5.41) is 1.74. The van der Waals surface area contributed by atoms with Gasteiger partial charge in [-0.1, -0.05) is 31.2 Å². The first-order valence-electron chi connectivity index (χ1n) is 6.81. The highest BCUT2D eigenvalue weighted by Crippen LogP contribution is 2.30. The number of fused-ring (bicyclic) bond motifs is 1. The predicted octanol–water partition coefficient (Wildman–Crippen LogP) is 4.62. The molecule has 0 radical (unpaired) electrons. The number of hydrogen-bond acceptors (Lipinski definition) is 2. The molecule has 2 aromatic rings. The van der Waals surface area contributed by atoms with Crippen LogP contribution in [0.5, 0.6) is 5.75 Å². The summed E-state index contributed by atoms with van der Waals surface area (Å²) >= 11 is 6.04. The molecule has 0 amide bonds. The fraction of sp³-hybridized carbons (Fsp3) is 0.467. The first kappa shape index (κ1) is 15.4. The highest BCUT2D eigenvalue weighted by Gasteiger charge is 2.13. The van der Waals surface area contributed by atoms with Crippen molar-refractivity contribution in [2.75, 3.05) is 13.7 Å². The lowest BCUT2D eigenvalue weighted by atomic mass is 10.2. The summed E-state index contributed by atoms with van der Waals surface area (Å²) in [6.45, 7) is 8.42. The zero-order chi connectivity index (χ0) is 14.8. The Morgan fingerprint density at radius 1 is 1.25 bits per heavy atom. The van der Waals surface area contributed by atoms with Gasteiger partial charge in [-0.15, -0.1) is 0 Å². The van der Waals surface area contributed by atoms with Gasteiger partial charge in [-0.3, -0.25) is 0 Å². The fourth-order valence-corrected chi connectivity index (χ4v) is 2.98. The molecule has 0 atom stereocenters. The zero-order valence-corrected chi connectivity index (χ0v) is 14.3. The molecular weight excluding hydrogens is 290 g/mol. The van der Waals surface area contributed by atoms with Crippen LogP contribution >= 0.6 is 11.6 Å². The van der Waals surface area contributed by atoms with Crippen molar-refractivity contribution in [1.82, 2.24) is 4.57 Å². The van der Waals surface area contributed by atoms with Crippen LogP contribution in [-0.4, -0.2) is 26.4 Å². The maximum absolute atomic E-state index is 6.04. The van der Waals surface area contributed by atoms with Gasteiger partial charge >= 0.3 is 0 Å². The van der Waals surface area contributed by atoms with Crippen LogP contribution < -0.4 is 4.74 Å². The van der Waals surface area contributed by atoms with Crippen molar-refractivity contribution in [3.8, 4) is 5.75 Å². The Morgan fingerprint density at radius 2 is 2.00 bits per heavy atom. The smallest absolute Gasteiger partial charge is 0.144 e. The molecule has 0 aliphatic rings. The Morgan fingerprint density at radius 3 is 2.65 bits per heavy atom. The first-order chi connectivity index (χ1) is 9.40. The van der Waals surface area contributed by atoms with Crippen LogP contribution in [0.3, 0.4) is 0 Å². The van der Waals surface area contributed by atoms with E-state index in [1.807, 2.05) is 24.4 Å². The lowest BCUT2D eigenvalue weighted by molar-refractivity contribution is 0.0900. The van der Waals surface area contributed by atoms with Gasteiger partial charge in [0.05, 0.1) is 12.6 Å². The molecule has 1 aromatic carbocycles. The molecule has 0 N–H and O–H groups in total. The summed E-state index contributed by atoms with van der Waals surface area (Å²) in [4.78, 5) is 0. The third kappa shape index (κ3) is 3.78. The Balaban J connectivity index is 2.10. The number of methoxy groups -OCH3 is 1. The van der Waals surface area contributed by atoms with Crippen LogP contribution in [0.4, 0.5) is 0 Å².